The van der Waals surface area contributed by atoms with Crippen molar-refractivity contribution in [3.8, 4) is 0 Å². The van der Waals surface area contributed by atoms with E-state index in [0.29, 0.717) is 38.9 Å². The van der Waals surface area contributed by atoms with E-state index in [4.69, 9.17) is 26.9 Å². The van der Waals surface area contributed by atoms with E-state index in [1.165, 1.54) is 39.8 Å². The molecule has 0 saturated carbocycles. The zero-order valence-corrected chi connectivity index (χ0v) is 31.9. The van der Waals surface area contributed by atoms with Crippen LogP contribution in [-0.4, -0.2) is 73.8 Å². The van der Waals surface area contributed by atoms with E-state index in [2.05, 4.69) is 25.8 Å². The Balaban J connectivity index is 1.30. The summed E-state index contributed by atoms with van der Waals surface area (Å²) in [6, 6.07) is 17.2. The molecule has 0 unspecified atom stereocenters. The van der Waals surface area contributed by atoms with Crippen LogP contribution >= 0.6 is 57.8 Å². The van der Waals surface area contributed by atoms with Crippen molar-refractivity contribution in [1.82, 2.24) is 20.2 Å². The SMILES string of the molecule is CC(=O)O/N=C(\C(=O)N[C@@H]1C(=O)N2C(C(=O)OC(c3ccccc3)c3ccccc3)=C(Sc3nc(CCC(N)=O)cs3)CS[C@H]12)c1nc(NC=O)sc1Cl. The van der Waals surface area contributed by atoms with Gasteiger partial charge in [-0.2, -0.15) is 0 Å². The monoisotopic (exact) mass is 825 g/mol. The summed E-state index contributed by atoms with van der Waals surface area (Å²) in [4.78, 5) is 91.1. The van der Waals surface area contributed by atoms with Gasteiger partial charge in [0.05, 0.1) is 5.69 Å². The Labute approximate surface area is 328 Å². The second-order valence-corrected chi connectivity index (χ2v) is 16.2. The summed E-state index contributed by atoms with van der Waals surface area (Å²) in [5.74, 6) is -3.40. The van der Waals surface area contributed by atoms with Gasteiger partial charge in [-0.05, 0) is 17.5 Å². The topological polar surface area (TPSA) is 212 Å². The number of rotatable bonds is 15. The van der Waals surface area contributed by atoms with E-state index >= 15 is 0 Å². The van der Waals surface area contributed by atoms with Crippen LogP contribution in [0.2, 0.25) is 4.34 Å². The van der Waals surface area contributed by atoms with E-state index in [-0.39, 0.29) is 33.0 Å². The van der Waals surface area contributed by atoms with Crippen molar-refractivity contribution >= 4 is 105 Å². The third-order valence-corrected chi connectivity index (χ3v) is 12.4. The highest BCUT2D eigenvalue weighted by atomic mass is 35.5. The Bertz CT molecular complexity index is 2120. The predicted molar refractivity (Wildman–Crippen MR) is 203 cm³/mol. The number of nitrogens with two attached hydrogens (primary N) is 1. The summed E-state index contributed by atoms with van der Waals surface area (Å²) in [6.45, 7) is 1.07. The Morgan fingerprint density at radius 2 is 1.80 bits per heavy atom. The zero-order chi connectivity index (χ0) is 38.4. The molecule has 1 saturated heterocycles. The van der Waals surface area contributed by atoms with E-state index in [1.807, 2.05) is 60.7 Å². The number of aromatic nitrogens is 2. The fourth-order valence-corrected chi connectivity index (χ4v) is 9.79. The molecule has 2 aliphatic rings. The lowest BCUT2D eigenvalue weighted by atomic mass is 10.0. The van der Waals surface area contributed by atoms with Crippen LogP contribution in [0.25, 0.3) is 0 Å². The molecule has 2 aliphatic heterocycles. The lowest BCUT2D eigenvalue weighted by Crippen LogP contribution is -2.71. The Morgan fingerprint density at radius 3 is 2.43 bits per heavy atom. The predicted octanol–water partition coefficient (Wildman–Crippen LogP) is 4.24. The Hall–Kier alpha value is -5.08. The summed E-state index contributed by atoms with van der Waals surface area (Å²) in [6.07, 6.45) is 0.0229. The molecule has 278 valence electrons. The van der Waals surface area contributed by atoms with Crippen LogP contribution in [0.5, 0.6) is 0 Å². The molecule has 20 heteroatoms. The average Bonchev–Trinajstić information content (AvgIpc) is 3.77. The number of oxime groups is 1. The number of nitrogens with zero attached hydrogens (tertiary/aromatic N) is 4. The number of aryl methyl sites for hydroxylation is 1. The summed E-state index contributed by atoms with van der Waals surface area (Å²) in [5, 5.41) is 9.66. The number of nitrogens with one attached hydrogen (secondary N) is 2. The number of halogens is 1. The summed E-state index contributed by atoms with van der Waals surface area (Å²) in [7, 11) is 0. The van der Waals surface area contributed by atoms with Gasteiger partial charge in [0, 0.05) is 29.4 Å². The molecule has 0 bridgehead atoms. The minimum atomic E-state index is -1.15. The minimum absolute atomic E-state index is 0.00840. The number of thioether (sulfide) groups is 2. The van der Waals surface area contributed by atoms with Crippen molar-refractivity contribution in [3.63, 3.8) is 0 Å². The van der Waals surface area contributed by atoms with Crippen LogP contribution in [0.4, 0.5) is 5.13 Å². The standard InChI is InChI=1S/C34H28ClN7O8S4/c1-17(44)50-41-24(23-28(35)54-33(40-23)37-16-43)29(46)39-25-30(47)42-26(21(15-51-31(25)42)53-34-38-20(14-52-34)12-13-22(36)45)32(48)49-27(18-8-4-2-5-9-18)19-10-6-3-7-11-19/h2-11,14,16,25,27,31H,12-13,15H2,1H3,(H2,36,45)(H,39,46)(H,37,40,43)/b41-24-/t25-,31-/m1/s1. The number of anilines is 1. The van der Waals surface area contributed by atoms with Crippen molar-refractivity contribution in [2.24, 2.45) is 10.9 Å². The number of hydrogen-bond donors (Lipinski definition) is 3. The first-order valence-corrected chi connectivity index (χ1v) is 19.8. The number of ether oxygens (including phenoxy) is 1. The maximum Gasteiger partial charge on any atom is 0.356 e. The molecular formula is C34H28ClN7O8S4. The maximum atomic E-state index is 14.4. The van der Waals surface area contributed by atoms with Crippen LogP contribution in [0.15, 0.2) is 86.1 Å². The van der Waals surface area contributed by atoms with Gasteiger partial charge >= 0.3 is 11.9 Å². The number of carbonyl (C=O) groups excluding carboxylic acids is 6. The van der Waals surface area contributed by atoms with Crippen molar-refractivity contribution in [3.05, 3.63) is 103 Å². The second kappa shape index (κ2) is 17.4. The number of amides is 4. The maximum absolute atomic E-state index is 14.4. The first-order valence-electron chi connectivity index (χ1n) is 15.9. The zero-order valence-electron chi connectivity index (χ0n) is 27.9. The lowest BCUT2D eigenvalue weighted by Gasteiger charge is -2.49. The third kappa shape index (κ3) is 8.82. The molecule has 2 aromatic carbocycles. The summed E-state index contributed by atoms with van der Waals surface area (Å²) >= 11 is 10.9. The number of β-lactam (4-membered cyclic amide) rings is 1. The highest BCUT2D eigenvalue weighted by Gasteiger charge is 2.55. The Morgan fingerprint density at radius 1 is 1.11 bits per heavy atom. The molecule has 0 spiro atoms. The smallest absolute Gasteiger partial charge is 0.356 e. The fourth-order valence-electron chi connectivity index (χ4n) is 5.28. The first kappa shape index (κ1) is 38.6. The average molecular weight is 826 g/mol. The number of esters is 1. The molecule has 15 nitrogen and oxygen atoms in total. The molecule has 0 radical (unpaired) electrons. The van der Waals surface area contributed by atoms with Crippen LogP contribution in [0.3, 0.4) is 0 Å². The van der Waals surface area contributed by atoms with Crippen LogP contribution in [0, 0.1) is 0 Å². The number of thiazole rings is 2. The molecule has 4 amide bonds. The number of carbonyl (C=O) groups is 6. The molecule has 6 rings (SSSR count). The number of hydrogen-bond acceptors (Lipinski definition) is 15. The van der Waals surface area contributed by atoms with E-state index in [0.717, 1.165) is 18.3 Å². The van der Waals surface area contributed by atoms with E-state index < -0.39 is 52.9 Å². The molecule has 2 atom stereocenters. The molecule has 0 aliphatic carbocycles. The highest BCUT2D eigenvalue weighted by Crippen LogP contribution is 2.46. The van der Waals surface area contributed by atoms with Gasteiger partial charge in [-0.3, -0.25) is 24.1 Å². The largest absolute Gasteiger partial charge is 0.448 e. The van der Waals surface area contributed by atoms with Crippen molar-refractivity contribution in [1.29, 1.82) is 0 Å². The number of fused-ring (bicyclic) bond motifs is 1. The van der Waals surface area contributed by atoms with Gasteiger partial charge in [-0.25, -0.2) is 19.6 Å². The quantitative estimate of drug-likeness (QED) is 0.0384. The van der Waals surface area contributed by atoms with Crippen LogP contribution in [0.1, 0.15) is 42.0 Å². The normalized spacial score (nSPS) is 16.7. The lowest BCUT2D eigenvalue weighted by molar-refractivity contribution is -0.154. The van der Waals surface area contributed by atoms with Crippen molar-refractivity contribution in [2.45, 2.75) is 41.6 Å². The molecule has 1 fully saturated rings. The molecule has 54 heavy (non-hydrogen) atoms. The van der Waals surface area contributed by atoms with Gasteiger partial charge in [0.1, 0.15) is 27.1 Å². The van der Waals surface area contributed by atoms with Crippen molar-refractivity contribution in [2.75, 3.05) is 11.1 Å². The molecule has 2 aromatic heterocycles. The summed E-state index contributed by atoms with van der Waals surface area (Å²) in [5.41, 5.74) is 6.66. The van der Waals surface area contributed by atoms with Crippen LogP contribution in [-0.2, 0) is 44.8 Å². The Kier molecular flexibility index (Phi) is 12.4. The summed E-state index contributed by atoms with van der Waals surface area (Å²) < 4.78 is 6.74. The molecule has 4 aromatic rings. The van der Waals surface area contributed by atoms with E-state index in [1.54, 1.807) is 5.38 Å². The van der Waals surface area contributed by atoms with Gasteiger partial charge in [-0.1, -0.05) is 101 Å². The van der Waals surface area contributed by atoms with Gasteiger partial charge < -0.3 is 25.9 Å². The number of benzene rings is 2. The molecule has 4 heterocycles. The fraction of sp³-hybridized carbons (Fsp3) is 0.206. The van der Waals surface area contributed by atoms with Gasteiger partial charge in [-0.15, -0.1) is 23.1 Å². The van der Waals surface area contributed by atoms with Gasteiger partial charge in [0.15, 0.2) is 21.3 Å². The molecular weight excluding hydrogens is 798 g/mol. The van der Waals surface area contributed by atoms with Gasteiger partial charge in [0.25, 0.3) is 11.8 Å². The first-order chi connectivity index (χ1) is 26.0. The second-order valence-electron chi connectivity index (χ2n) is 11.3. The minimum Gasteiger partial charge on any atom is -0.448 e. The van der Waals surface area contributed by atoms with Crippen molar-refractivity contribution < 1.29 is 38.3 Å². The highest BCUT2D eigenvalue weighted by molar-refractivity contribution is 8.07. The molecule has 4 N–H and O–H groups in total. The van der Waals surface area contributed by atoms with Crippen LogP contribution < -0.4 is 16.4 Å². The van der Waals surface area contributed by atoms with Gasteiger partial charge in [0.2, 0.25) is 12.3 Å². The van der Waals surface area contributed by atoms with E-state index in [9.17, 15) is 28.8 Å². The number of primary amides is 1. The third-order valence-electron chi connectivity index (χ3n) is 7.68.